The second-order valence-corrected chi connectivity index (χ2v) is 11.6. The summed E-state index contributed by atoms with van der Waals surface area (Å²) in [4.78, 5) is 0. The molecule has 0 aromatic heterocycles. The van der Waals surface area contributed by atoms with Gasteiger partial charge in [-0.1, -0.05) is 95.0 Å². The van der Waals surface area contributed by atoms with E-state index in [4.69, 9.17) is 4.74 Å². The number of benzene rings is 1. The van der Waals surface area contributed by atoms with Crippen molar-refractivity contribution in [2.45, 2.75) is 95.7 Å². The van der Waals surface area contributed by atoms with Crippen LogP contribution in [0.4, 0.5) is 0 Å². The summed E-state index contributed by atoms with van der Waals surface area (Å²) in [5.41, 5.74) is 1.92. The Hall–Kier alpha value is -0.755. The van der Waals surface area contributed by atoms with Gasteiger partial charge < -0.3 is 4.74 Å². The second kappa shape index (κ2) is 7.82. The van der Waals surface area contributed by atoms with Crippen molar-refractivity contribution in [2.24, 2.45) is 23.2 Å². The molecule has 2 saturated heterocycles. The molecule has 4 bridgehead atoms. The van der Waals surface area contributed by atoms with E-state index in [0.29, 0.717) is 5.41 Å². The lowest BCUT2D eigenvalue weighted by Gasteiger charge is -2.68. The number of ether oxygens (including phenoxy) is 1. The molecule has 2 heterocycles. The van der Waals surface area contributed by atoms with Crippen LogP contribution >= 0.6 is 0 Å². The maximum atomic E-state index is 6.20. The van der Waals surface area contributed by atoms with Gasteiger partial charge in [0, 0.05) is 6.61 Å². The van der Waals surface area contributed by atoms with Crippen molar-refractivity contribution in [3.63, 3.8) is 0 Å². The van der Waals surface area contributed by atoms with Crippen LogP contribution < -0.4 is 0 Å². The molecule has 1 aromatic rings. The Morgan fingerprint density at radius 2 is 1.64 bits per heavy atom. The molecule has 0 N–H and O–H groups in total. The van der Waals surface area contributed by atoms with Gasteiger partial charge in [0.2, 0.25) is 0 Å². The lowest BCUT2D eigenvalue weighted by molar-refractivity contribution is -0.112. The van der Waals surface area contributed by atoms with Crippen molar-refractivity contribution in [3.8, 4) is 0 Å². The first-order valence-corrected chi connectivity index (χ1v) is 12.5. The quantitative estimate of drug-likeness (QED) is 0.383. The summed E-state index contributed by atoms with van der Waals surface area (Å²) in [6.45, 7) is 6.97. The predicted octanol–water partition coefficient (Wildman–Crippen LogP) is 6.98. The van der Waals surface area contributed by atoms with Crippen molar-refractivity contribution in [2.75, 3.05) is 6.61 Å². The molecule has 2 heteroatoms. The Morgan fingerprint density at radius 3 is 2.29 bits per heavy atom. The molecule has 0 spiro atoms. The largest absolute Gasteiger partial charge is 0.377 e. The highest BCUT2D eigenvalue weighted by Crippen LogP contribution is 2.68. The first-order chi connectivity index (χ1) is 13.6. The van der Waals surface area contributed by atoms with Crippen LogP contribution in [0.25, 0.3) is 0 Å². The van der Waals surface area contributed by atoms with Crippen LogP contribution in [-0.2, 0) is 11.3 Å². The average molecular weight is 379 g/mol. The number of hydrogen-bond donors (Lipinski definition) is 0. The molecule has 5 fully saturated rings. The van der Waals surface area contributed by atoms with Gasteiger partial charge in [-0.15, -0.1) is 0 Å². The fraction of sp³-hybridized carbons (Fsp3) is 0.769. The third kappa shape index (κ3) is 3.38. The zero-order valence-electron chi connectivity index (χ0n) is 18.2. The molecule has 0 amide bonds. The third-order valence-corrected chi connectivity index (χ3v) is 10.4. The minimum Gasteiger partial charge on any atom is -0.377 e. The molecule has 4 atom stereocenters. The highest BCUT2D eigenvalue weighted by atomic mass is 16.5. The molecule has 154 valence electrons. The van der Waals surface area contributed by atoms with E-state index in [2.05, 4.69) is 44.2 Å². The maximum Gasteiger partial charge on any atom is 0.0716 e. The molecule has 5 aliphatic rings. The fourth-order valence-electron chi connectivity index (χ4n) is 8.96. The van der Waals surface area contributed by atoms with E-state index in [-0.39, 0.29) is 6.71 Å². The summed E-state index contributed by atoms with van der Waals surface area (Å²) >= 11 is 0. The van der Waals surface area contributed by atoms with Crippen molar-refractivity contribution < 1.29 is 4.74 Å². The summed E-state index contributed by atoms with van der Waals surface area (Å²) in [6.07, 6.45) is 13.8. The van der Waals surface area contributed by atoms with Gasteiger partial charge in [0.25, 0.3) is 0 Å². The molecule has 0 unspecified atom stereocenters. The van der Waals surface area contributed by atoms with Crippen molar-refractivity contribution in [3.05, 3.63) is 35.9 Å². The van der Waals surface area contributed by atoms with Gasteiger partial charge in [-0.05, 0) is 42.4 Å². The normalized spacial score (nSPS) is 41.3. The van der Waals surface area contributed by atoms with E-state index < -0.39 is 0 Å². The van der Waals surface area contributed by atoms with Crippen molar-refractivity contribution in [1.82, 2.24) is 0 Å². The van der Waals surface area contributed by atoms with Crippen molar-refractivity contribution in [1.29, 1.82) is 0 Å². The number of rotatable bonds is 6. The summed E-state index contributed by atoms with van der Waals surface area (Å²) in [7, 11) is 0. The Balaban J connectivity index is 1.26. The molecule has 6 rings (SSSR count). The molecule has 1 aromatic carbocycles. The Kier molecular flexibility index (Phi) is 5.37. The van der Waals surface area contributed by atoms with E-state index in [1.165, 1.54) is 31.2 Å². The van der Waals surface area contributed by atoms with Crippen LogP contribution in [0.1, 0.15) is 77.2 Å². The van der Waals surface area contributed by atoms with Crippen LogP contribution in [0.2, 0.25) is 17.5 Å². The first kappa shape index (κ1) is 19.2. The van der Waals surface area contributed by atoms with E-state index in [1.807, 2.05) is 0 Å². The zero-order chi connectivity index (χ0) is 19.1. The van der Waals surface area contributed by atoms with Gasteiger partial charge in [0.05, 0.1) is 6.61 Å². The minimum atomic E-state index is 0.0512. The highest BCUT2D eigenvalue weighted by molar-refractivity contribution is 6.64. The van der Waals surface area contributed by atoms with E-state index in [9.17, 15) is 0 Å². The van der Waals surface area contributed by atoms with Crippen LogP contribution in [0.5, 0.6) is 0 Å². The van der Waals surface area contributed by atoms with Crippen LogP contribution in [-0.4, -0.2) is 13.3 Å². The first-order valence-electron chi connectivity index (χ1n) is 12.5. The van der Waals surface area contributed by atoms with Gasteiger partial charge >= 0.3 is 0 Å². The Morgan fingerprint density at radius 1 is 0.964 bits per heavy atom. The Bertz CT molecular complexity index is 634. The lowest BCUT2D eigenvalue weighted by atomic mass is 9.18. The molecular formula is C26H40BO-. The topological polar surface area (TPSA) is 9.23 Å². The average Bonchev–Trinajstić information content (AvgIpc) is 2.71. The molecule has 3 saturated carbocycles. The summed E-state index contributed by atoms with van der Waals surface area (Å²) in [5.74, 6) is 6.34. The van der Waals surface area contributed by atoms with Crippen LogP contribution in [0.3, 0.4) is 0 Å². The van der Waals surface area contributed by atoms with Gasteiger partial charge in [-0.25, -0.2) is 0 Å². The summed E-state index contributed by atoms with van der Waals surface area (Å²) < 4.78 is 6.20. The molecule has 1 nitrogen and oxygen atoms in total. The monoisotopic (exact) mass is 379 g/mol. The van der Waals surface area contributed by atoms with Gasteiger partial charge in [-0.3, -0.25) is 0 Å². The number of fused-ring (bicyclic) bond motifs is 5. The maximum absolute atomic E-state index is 6.20. The van der Waals surface area contributed by atoms with Crippen molar-refractivity contribution >= 4 is 6.71 Å². The van der Waals surface area contributed by atoms with Crippen LogP contribution in [0.15, 0.2) is 30.3 Å². The lowest BCUT2D eigenvalue weighted by Crippen LogP contribution is -2.58. The van der Waals surface area contributed by atoms with E-state index in [1.54, 1.807) is 32.1 Å². The zero-order valence-corrected chi connectivity index (χ0v) is 18.2. The molecule has 2 aliphatic heterocycles. The van der Waals surface area contributed by atoms with Crippen LogP contribution in [0, 0.1) is 23.2 Å². The smallest absolute Gasteiger partial charge is 0.0716 e. The third-order valence-electron chi connectivity index (χ3n) is 10.4. The Labute approximate surface area is 173 Å². The summed E-state index contributed by atoms with van der Waals surface area (Å²) in [6, 6.07) is 10.7. The summed E-state index contributed by atoms with van der Waals surface area (Å²) in [5, 5.41) is 0. The van der Waals surface area contributed by atoms with E-state index in [0.717, 1.165) is 48.4 Å². The second-order valence-electron chi connectivity index (χ2n) is 11.6. The standard InChI is InChI=1S/C26H40BO/c1-26(2)20-16-24(26)23(14-15-28-18-19-8-4-3-5-9-19)25(17-20)27-21-10-6-11-22(27)13-7-12-21/h3-5,8-9,20-25,27H,6-7,10-18H2,1-2H3/q-1/t20-,21?,22?,23+,24+,25+,27?/m1/s1. The molecular weight excluding hydrogens is 339 g/mol. The molecule has 28 heavy (non-hydrogen) atoms. The highest BCUT2D eigenvalue weighted by Gasteiger charge is 2.57. The van der Waals surface area contributed by atoms with Gasteiger partial charge in [0.1, 0.15) is 0 Å². The van der Waals surface area contributed by atoms with Gasteiger partial charge in [0.15, 0.2) is 0 Å². The number of hydrogen-bond acceptors (Lipinski definition) is 1. The minimum absolute atomic E-state index is 0.0512. The van der Waals surface area contributed by atoms with Gasteiger partial charge in [-0.2, -0.15) is 17.5 Å². The molecule has 3 aliphatic carbocycles. The van der Waals surface area contributed by atoms with E-state index >= 15 is 0 Å². The SMILES string of the molecule is CC1(C)[C@H]2C[C@H]([BH-]3C4CCCC3CCC4)[C@@H](CCOCc3ccccc3)[C@@H]1C2. The molecule has 0 radical (unpaired) electrons. The fourth-order valence-corrected chi connectivity index (χ4v) is 8.96. The predicted molar refractivity (Wildman–Crippen MR) is 120 cm³/mol.